The summed E-state index contributed by atoms with van der Waals surface area (Å²) in [5.41, 5.74) is 1.70. The number of rotatable bonds is 6. The van der Waals surface area contributed by atoms with Crippen LogP contribution in [0.3, 0.4) is 0 Å². The van der Waals surface area contributed by atoms with Crippen molar-refractivity contribution in [2.45, 2.75) is 32.9 Å². The molecule has 2 aromatic heterocycles. The predicted molar refractivity (Wildman–Crippen MR) is 129 cm³/mol. The van der Waals surface area contributed by atoms with E-state index in [1.807, 2.05) is 18.2 Å². The summed E-state index contributed by atoms with van der Waals surface area (Å²) in [4.78, 5) is 4.55. The van der Waals surface area contributed by atoms with Crippen molar-refractivity contribution in [1.29, 1.82) is 5.26 Å². The SMILES string of the molecule is CC(C)(C)Nc1ccc2c(COc3ccc(Cl)c(Oc4cc(Cl)cc(C#N)c4)c3)[nH]nc2n1. The van der Waals surface area contributed by atoms with Crippen molar-refractivity contribution in [1.82, 2.24) is 15.2 Å². The maximum Gasteiger partial charge on any atom is 0.183 e. The fraction of sp³-hybridized carbons (Fsp3) is 0.208. The molecule has 2 aromatic carbocycles. The fourth-order valence-corrected chi connectivity index (χ4v) is 3.52. The highest BCUT2D eigenvalue weighted by Gasteiger charge is 2.14. The summed E-state index contributed by atoms with van der Waals surface area (Å²) in [7, 11) is 0. The highest BCUT2D eigenvalue weighted by molar-refractivity contribution is 6.32. The van der Waals surface area contributed by atoms with Crippen molar-refractivity contribution in [3.63, 3.8) is 0 Å². The van der Waals surface area contributed by atoms with E-state index in [-0.39, 0.29) is 12.1 Å². The second-order valence-electron chi connectivity index (χ2n) is 8.42. The zero-order valence-corrected chi connectivity index (χ0v) is 19.8. The van der Waals surface area contributed by atoms with Crippen LogP contribution in [-0.4, -0.2) is 20.7 Å². The molecule has 0 bridgehead atoms. The van der Waals surface area contributed by atoms with Gasteiger partial charge in [-0.2, -0.15) is 10.4 Å². The minimum atomic E-state index is -0.0987. The summed E-state index contributed by atoms with van der Waals surface area (Å²) >= 11 is 12.3. The van der Waals surface area contributed by atoms with E-state index in [0.29, 0.717) is 38.5 Å². The molecule has 2 N–H and O–H groups in total. The Hall–Kier alpha value is -3.47. The Kier molecular flexibility index (Phi) is 6.32. The van der Waals surface area contributed by atoms with Gasteiger partial charge in [-0.05, 0) is 63.2 Å². The molecule has 0 aliphatic heterocycles. The number of fused-ring (bicyclic) bond motifs is 1. The van der Waals surface area contributed by atoms with E-state index in [9.17, 15) is 0 Å². The molecule has 2 heterocycles. The highest BCUT2D eigenvalue weighted by atomic mass is 35.5. The lowest BCUT2D eigenvalue weighted by molar-refractivity contribution is 0.301. The smallest absolute Gasteiger partial charge is 0.183 e. The number of nitrogens with one attached hydrogen (secondary N) is 2. The van der Waals surface area contributed by atoms with Crippen LogP contribution in [0.2, 0.25) is 10.0 Å². The number of nitrogens with zero attached hydrogens (tertiary/aromatic N) is 3. The number of hydrogen-bond acceptors (Lipinski definition) is 6. The van der Waals surface area contributed by atoms with Crippen LogP contribution in [-0.2, 0) is 6.61 Å². The molecule has 0 spiro atoms. The van der Waals surface area contributed by atoms with Gasteiger partial charge in [-0.15, -0.1) is 0 Å². The molecule has 168 valence electrons. The van der Waals surface area contributed by atoms with Crippen molar-refractivity contribution in [2.24, 2.45) is 0 Å². The molecule has 0 saturated heterocycles. The van der Waals surface area contributed by atoms with Crippen LogP contribution in [0.1, 0.15) is 32.0 Å². The first-order valence-corrected chi connectivity index (χ1v) is 10.9. The monoisotopic (exact) mass is 481 g/mol. The van der Waals surface area contributed by atoms with Gasteiger partial charge in [0.15, 0.2) is 5.65 Å². The summed E-state index contributed by atoms with van der Waals surface area (Å²) in [6.07, 6.45) is 0. The van der Waals surface area contributed by atoms with Gasteiger partial charge >= 0.3 is 0 Å². The predicted octanol–water partition coefficient (Wildman–Crippen LogP) is 6.72. The Morgan fingerprint density at radius 2 is 1.88 bits per heavy atom. The van der Waals surface area contributed by atoms with E-state index in [2.05, 4.69) is 41.3 Å². The fourth-order valence-electron chi connectivity index (χ4n) is 3.13. The van der Waals surface area contributed by atoms with Crippen LogP contribution in [0.5, 0.6) is 17.2 Å². The Morgan fingerprint density at radius 3 is 2.64 bits per heavy atom. The molecule has 4 aromatic rings. The largest absolute Gasteiger partial charge is 0.487 e. The number of nitriles is 1. The van der Waals surface area contributed by atoms with Crippen molar-refractivity contribution < 1.29 is 9.47 Å². The van der Waals surface area contributed by atoms with Crippen molar-refractivity contribution >= 4 is 40.1 Å². The van der Waals surface area contributed by atoms with Gasteiger partial charge in [-0.1, -0.05) is 23.2 Å². The molecular weight excluding hydrogens is 461 g/mol. The van der Waals surface area contributed by atoms with Gasteiger partial charge in [-0.3, -0.25) is 5.10 Å². The Bertz CT molecular complexity index is 1360. The molecule has 0 fully saturated rings. The average molecular weight is 482 g/mol. The Balaban J connectivity index is 1.50. The van der Waals surface area contributed by atoms with E-state index in [4.69, 9.17) is 37.9 Å². The maximum atomic E-state index is 9.13. The molecule has 0 radical (unpaired) electrons. The lowest BCUT2D eigenvalue weighted by Gasteiger charge is -2.20. The van der Waals surface area contributed by atoms with Gasteiger partial charge < -0.3 is 14.8 Å². The van der Waals surface area contributed by atoms with E-state index >= 15 is 0 Å². The van der Waals surface area contributed by atoms with Gasteiger partial charge in [0.25, 0.3) is 0 Å². The van der Waals surface area contributed by atoms with Gasteiger partial charge in [0.2, 0.25) is 0 Å². The number of H-pyrrole nitrogens is 1. The number of benzene rings is 2. The molecule has 0 aliphatic carbocycles. The number of halogens is 2. The highest BCUT2D eigenvalue weighted by Crippen LogP contribution is 2.34. The van der Waals surface area contributed by atoms with Gasteiger partial charge in [-0.25, -0.2) is 4.98 Å². The molecule has 4 rings (SSSR count). The molecule has 0 atom stereocenters. The number of aromatic nitrogens is 3. The molecule has 0 saturated carbocycles. The number of anilines is 1. The summed E-state index contributed by atoms with van der Waals surface area (Å²) in [6, 6.07) is 15.8. The minimum Gasteiger partial charge on any atom is -0.487 e. The quantitative estimate of drug-likeness (QED) is 0.317. The van der Waals surface area contributed by atoms with Gasteiger partial charge in [0.1, 0.15) is 29.7 Å². The van der Waals surface area contributed by atoms with Gasteiger partial charge in [0.05, 0.1) is 22.3 Å². The Labute approximate surface area is 201 Å². The van der Waals surface area contributed by atoms with Crippen LogP contribution in [0.15, 0.2) is 48.5 Å². The molecule has 0 amide bonds. The molecule has 0 aliphatic rings. The standard InChI is InChI=1S/C24H21Cl2N5O2/c1-24(2,3)29-22-7-5-18-20(30-31-23(18)28-22)13-32-16-4-6-19(26)21(11-16)33-17-9-14(12-27)8-15(25)10-17/h4-11H,13H2,1-3H3,(H2,28,29,30,31). The van der Waals surface area contributed by atoms with E-state index in [1.165, 1.54) is 0 Å². The zero-order chi connectivity index (χ0) is 23.6. The number of ether oxygens (including phenoxy) is 2. The van der Waals surface area contributed by atoms with Gasteiger partial charge in [0, 0.05) is 22.0 Å². The summed E-state index contributed by atoms with van der Waals surface area (Å²) in [6.45, 7) is 6.46. The minimum absolute atomic E-state index is 0.0987. The van der Waals surface area contributed by atoms with E-state index in [0.717, 1.165) is 16.9 Å². The normalized spacial score (nSPS) is 11.3. The molecule has 9 heteroatoms. The van der Waals surface area contributed by atoms with Crippen LogP contribution < -0.4 is 14.8 Å². The second-order valence-corrected chi connectivity index (χ2v) is 9.26. The lowest BCUT2D eigenvalue weighted by Crippen LogP contribution is -2.26. The number of aromatic amines is 1. The maximum absolute atomic E-state index is 9.13. The van der Waals surface area contributed by atoms with E-state index < -0.39 is 0 Å². The average Bonchev–Trinajstić information content (AvgIpc) is 3.15. The zero-order valence-electron chi connectivity index (χ0n) is 18.2. The van der Waals surface area contributed by atoms with Crippen molar-refractivity contribution in [3.8, 4) is 23.3 Å². The first-order chi connectivity index (χ1) is 15.7. The van der Waals surface area contributed by atoms with Crippen molar-refractivity contribution in [2.75, 3.05) is 5.32 Å². The molecule has 33 heavy (non-hydrogen) atoms. The number of hydrogen-bond donors (Lipinski definition) is 2. The summed E-state index contributed by atoms with van der Waals surface area (Å²) in [5.74, 6) is 2.10. The summed E-state index contributed by atoms with van der Waals surface area (Å²) < 4.78 is 11.8. The topological polar surface area (TPSA) is 95.8 Å². The third-order valence-electron chi connectivity index (χ3n) is 4.51. The third-order valence-corrected chi connectivity index (χ3v) is 5.04. The van der Waals surface area contributed by atoms with Crippen LogP contribution in [0.25, 0.3) is 11.0 Å². The summed E-state index contributed by atoms with van der Waals surface area (Å²) in [5, 5.41) is 21.4. The van der Waals surface area contributed by atoms with E-state index in [1.54, 1.807) is 36.4 Å². The van der Waals surface area contributed by atoms with Crippen molar-refractivity contribution in [3.05, 3.63) is 69.8 Å². The molecule has 0 unspecified atom stereocenters. The molecular formula is C24H21Cl2N5O2. The van der Waals surface area contributed by atoms with Crippen LogP contribution in [0, 0.1) is 11.3 Å². The number of pyridine rings is 1. The first kappa shape index (κ1) is 22.7. The van der Waals surface area contributed by atoms with Crippen LogP contribution >= 0.6 is 23.2 Å². The Morgan fingerprint density at radius 1 is 1.06 bits per heavy atom. The van der Waals surface area contributed by atoms with Crippen LogP contribution in [0.4, 0.5) is 5.82 Å². The first-order valence-electron chi connectivity index (χ1n) is 10.1. The second kappa shape index (κ2) is 9.18. The molecule has 7 nitrogen and oxygen atoms in total. The third kappa shape index (κ3) is 5.67. The lowest BCUT2D eigenvalue weighted by atomic mass is 10.1.